The number of aryl methyl sites for hydroxylation is 1. The number of pyridine rings is 1. The monoisotopic (exact) mass is 335 g/mol. The van der Waals surface area contributed by atoms with Crippen molar-refractivity contribution in [3.8, 4) is 5.88 Å². The van der Waals surface area contributed by atoms with Crippen molar-refractivity contribution in [3.63, 3.8) is 0 Å². The maximum atomic E-state index is 12.7. The van der Waals surface area contributed by atoms with Crippen LogP contribution in [-0.4, -0.2) is 43.7 Å². The van der Waals surface area contributed by atoms with E-state index in [0.29, 0.717) is 37.1 Å². The van der Waals surface area contributed by atoms with E-state index in [-0.39, 0.29) is 11.6 Å². The Hall–Kier alpha value is -2.15. The van der Waals surface area contributed by atoms with E-state index < -0.39 is 0 Å². The lowest BCUT2D eigenvalue weighted by atomic mass is 10.2. The van der Waals surface area contributed by atoms with Crippen LogP contribution in [0, 0.1) is 0 Å². The maximum absolute atomic E-state index is 12.7. The van der Waals surface area contributed by atoms with Gasteiger partial charge in [-0.1, -0.05) is 18.5 Å². The van der Waals surface area contributed by atoms with E-state index >= 15 is 0 Å². The average molecular weight is 336 g/mol. The summed E-state index contributed by atoms with van der Waals surface area (Å²) < 4.78 is 7.41. The molecule has 0 bridgehead atoms. The molecule has 1 amide bonds. The summed E-state index contributed by atoms with van der Waals surface area (Å²) in [4.78, 5) is 18.6. The highest BCUT2D eigenvalue weighted by molar-refractivity contribution is 6.33. The fourth-order valence-corrected chi connectivity index (χ4v) is 2.79. The molecular formula is C15H18ClN5O2. The summed E-state index contributed by atoms with van der Waals surface area (Å²) in [6, 6.07) is 3.29. The quantitative estimate of drug-likeness (QED) is 0.853. The van der Waals surface area contributed by atoms with E-state index in [1.54, 1.807) is 17.0 Å². The first-order valence-electron chi connectivity index (χ1n) is 7.63. The molecule has 23 heavy (non-hydrogen) atoms. The lowest BCUT2D eigenvalue weighted by Gasteiger charge is -2.27. The van der Waals surface area contributed by atoms with Crippen molar-refractivity contribution in [2.24, 2.45) is 0 Å². The smallest absolute Gasteiger partial charge is 0.274 e. The Balaban J connectivity index is 1.83. The van der Waals surface area contributed by atoms with E-state index in [1.807, 2.05) is 13.8 Å². The summed E-state index contributed by atoms with van der Waals surface area (Å²) in [5, 5.41) is 8.64. The second kappa shape index (κ2) is 6.54. The lowest BCUT2D eigenvalue weighted by molar-refractivity contribution is 0.0699. The average Bonchev–Trinajstić information content (AvgIpc) is 2.98. The van der Waals surface area contributed by atoms with Crippen LogP contribution in [0.3, 0.4) is 0 Å². The Morgan fingerprint density at radius 3 is 2.87 bits per heavy atom. The molecule has 0 unspecified atom stereocenters. The molecule has 8 heteroatoms. The zero-order chi connectivity index (χ0) is 16.4. The highest BCUT2D eigenvalue weighted by Gasteiger charge is 2.27. The van der Waals surface area contributed by atoms with Crippen LogP contribution in [0.1, 0.15) is 36.0 Å². The lowest BCUT2D eigenvalue weighted by Crippen LogP contribution is -2.39. The fraction of sp³-hybridized carbons (Fsp3) is 0.467. The normalized spacial score (nSPS) is 13.8. The van der Waals surface area contributed by atoms with Gasteiger partial charge in [0.15, 0.2) is 11.5 Å². The van der Waals surface area contributed by atoms with Gasteiger partial charge in [-0.15, -0.1) is 10.2 Å². The van der Waals surface area contributed by atoms with Crippen LogP contribution < -0.4 is 4.74 Å². The number of carbonyl (C=O) groups is 1. The number of nitrogens with zero attached hydrogens (tertiary/aromatic N) is 5. The minimum atomic E-state index is -0.219. The van der Waals surface area contributed by atoms with Gasteiger partial charge in [-0.25, -0.2) is 4.98 Å². The van der Waals surface area contributed by atoms with Crippen LogP contribution in [0.15, 0.2) is 12.1 Å². The van der Waals surface area contributed by atoms with E-state index in [0.717, 1.165) is 18.1 Å². The summed E-state index contributed by atoms with van der Waals surface area (Å²) in [6.45, 7) is 6.05. The molecule has 1 aliphatic rings. The molecule has 0 fully saturated rings. The first kappa shape index (κ1) is 15.7. The Morgan fingerprint density at radius 1 is 1.30 bits per heavy atom. The van der Waals surface area contributed by atoms with Crippen molar-refractivity contribution < 1.29 is 9.53 Å². The molecule has 0 radical (unpaired) electrons. The van der Waals surface area contributed by atoms with Gasteiger partial charge in [-0.05, 0) is 13.0 Å². The predicted octanol–water partition coefficient (Wildman–Crippen LogP) is 1.94. The van der Waals surface area contributed by atoms with Crippen LogP contribution in [0.25, 0.3) is 0 Å². The number of fused-ring (bicyclic) bond motifs is 1. The Morgan fingerprint density at radius 2 is 2.13 bits per heavy atom. The van der Waals surface area contributed by atoms with Gasteiger partial charge in [0, 0.05) is 25.6 Å². The fourth-order valence-electron chi connectivity index (χ4n) is 2.61. The SMILES string of the molecule is CCOc1ccc(Cl)c(C(=O)N2CCn3c(CC)nnc3C2)n1. The molecule has 122 valence electrons. The van der Waals surface area contributed by atoms with Gasteiger partial charge in [0.2, 0.25) is 5.88 Å². The number of aromatic nitrogens is 4. The first-order chi connectivity index (χ1) is 11.1. The molecule has 0 saturated heterocycles. The van der Waals surface area contributed by atoms with Crippen LogP contribution in [0.2, 0.25) is 5.02 Å². The van der Waals surface area contributed by atoms with Crippen molar-refractivity contribution in [1.82, 2.24) is 24.6 Å². The summed E-state index contributed by atoms with van der Waals surface area (Å²) >= 11 is 6.14. The number of amides is 1. The van der Waals surface area contributed by atoms with Crippen LogP contribution in [0.4, 0.5) is 0 Å². The first-order valence-corrected chi connectivity index (χ1v) is 8.01. The Bertz CT molecular complexity index is 731. The van der Waals surface area contributed by atoms with E-state index in [4.69, 9.17) is 16.3 Å². The Labute approximate surface area is 139 Å². The highest BCUT2D eigenvalue weighted by Crippen LogP contribution is 2.22. The van der Waals surface area contributed by atoms with Crippen molar-refractivity contribution >= 4 is 17.5 Å². The van der Waals surface area contributed by atoms with E-state index in [9.17, 15) is 4.79 Å². The predicted molar refractivity (Wildman–Crippen MR) is 84.6 cm³/mol. The summed E-state index contributed by atoms with van der Waals surface area (Å²) in [6.07, 6.45) is 0.824. The number of ether oxygens (including phenoxy) is 1. The second-order valence-corrected chi connectivity index (χ2v) is 5.58. The topological polar surface area (TPSA) is 73.1 Å². The van der Waals surface area contributed by atoms with Crippen molar-refractivity contribution in [1.29, 1.82) is 0 Å². The third-order valence-electron chi connectivity index (χ3n) is 3.75. The molecule has 0 N–H and O–H groups in total. The van der Waals surface area contributed by atoms with Crippen LogP contribution >= 0.6 is 11.6 Å². The number of rotatable bonds is 4. The molecular weight excluding hydrogens is 318 g/mol. The van der Waals surface area contributed by atoms with Gasteiger partial charge in [0.25, 0.3) is 5.91 Å². The largest absolute Gasteiger partial charge is 0.478 e. The maximum Gasteiger partial charge on any atom is 0.274 e. The number of carbonyl (C=O) groups excluding carboxylic acids is 1. The molecule has 0 aromatic carbocycles. The molecule has 3 heterocycles. The van der Waals surface area contributed by atoms with E-state index in [1.165, 1.54) is 0 Å². The minimum Gasteiger partial charge on any atom is -0.478 e. The van der Waals surface area contributed by atoms with E-state index in [2.05, 4.69) is 19.7 Å². The van der Waals surface area contributed by atoms with Gasteiger partial charge in [0.1, 0.15) is 5.82 Å². The van der Waals surface area contributed by atoms with Gasteiger partial charge >= 0.3 is 0 Å². The van der Waals surface area contributed by atoms with Gasteiger partial charge in [0.05, 0.1) is 18.2 Å². The van der Waals surface area contributed by atoms with Crippen LogP contribution in [0.5, 0.6) is 5.88 Å². The van der Waals surface area contributed by atoms with Crippen molar-refractivity contribution in [2.45, 2.75) is 33.4 Å². The van der Waals surface area contributed by atoms with Gasteiger partial charge < -0.3 is 14.2 Å². The summed E-state index contributed by atoms with van der Waals surface area (Å²) in [5.74, 6) is 1.91. The molecule has 0 atom stereocenters. The van der Waals surface area contributed by atoms with Crippen molar-refractivity contribution in [3.05, 3.63) is 34.5 Å². The van der Waals surface area contributed by atoms with Crippen molar-refractivity contribution in [2.75, 3.05) is 13.2 Å². The minimum absolute atomic E-state index is 0.210. The summed E-state index contributed by atoms with van der Waals surface area (Å²) in [7, 11) is 0. The second-order valence-electron chi connectivity index (χ2n) is 5.18. The highest BCUT2D eigenvalue weighted by atomic mass is 35.5. The number of halogens is 1. The number of hydrogen-bond acceptors (Lipinski definition) is 5. The molecule has 0 aliphatic carbocycles. The van der Waals surface area contributed by atoms with Gasteiger partial charge in [-0.3, -0.25) is 4.79 Å². The molecule has 1 aliphatic heterocycles. The summed E-state index contributed by atoms with van der Waals surface area (Å²) in [5.41, 5.74) is 0.210. The van der Waals surface area contributed by atoms with Gasteiger partial charge in [-0.2, -0.15) is 0 Å². The zero-order valence-electron chi connectivity index (χ0n) is 13.1. The molecule has 2 aromatic heterocycles. The molecule has 0 spiro atoms. The third kappa shape index (κ3) is 3.01. The molecule has 0 saturated carbocycles. The molecule has 3 rings (SSSR count). The third-order valence-corrected chi connectivity index (χ3v) is 4.05. The molecule has 2 aromatic rings. The van der Waals surface area contributed by atoms with Crippen LogP contribution in [-0.2, 0) is 19.5 Å². The number of hydrogen-bond donors (Lipinski definition) is 0. The molecule has 7 nitrogen and oxygen atoms in total. The zero-order valence-corrected chi connectivity index (χ0v) is 13.9. The Kier molecular flexibility index (Phi) is 4.47. The standard InChI is InChI=1S/C15H18ClN5O2/c1-3-11-18-19-12-9-20(7-8-21(11)12)15(22)14-10(16)5-6-13(17-14)23-4-2/h5-6H,3-4,7-9H2,1-2H3.